The molecule has 0 aliphatic heterocycles. The predicted molar refractivity (Wildman–Crippen MR) is 98.2 cm³/mol. The van der Waals surface area contributed by atoms with Crippen LogP contribution in [0.15, 0.2) is 58.5 Å². The van der Waals surface area contributed by atoms with Gasteiger partial charge >= 0.3 is 0 Å². The lowest BCUT2D eigenvalue weighted by atomic mass is 10.2. The number of aryl methyl sites for hydroxylation is 1. The van der Waals surface area contributed by atoms with Crippen molar-refractivity contribution in [1.29, 1.82) is 0 Å². The van der Waals surface area contributed by atoms with Crippen molar-refractivity contribution in [2.45, 2.75) is 11.8 Å². The lowest BCUT2D eigenvalue weighted by Crippen LogP contribution is -2.36. The van der Waals surface area contributed by atoms with Crippen molar-refractivity contribution < 1.29 is 13.2 Å². The maximum absolute atomic E-state index is 12.4. The van der Waals surface area contributed by atoms with E-state index in [0.29, 0.717) is 5.02 Å². The third kappa shape index (κ3) is 5.38. The monoisotopic (exact) mass is 379 g/mol. The molecule has 0 bridgehead atoms. The van der Waals surface area contributed by atoms with Gasteiger partial charge in [0.05, 0.1) is 17.7 Å². The summed E-state index contributed by atoms with van der Waals surface area (Å²) >= 11 is 5.75. The molecule has 0 fully saturated rings. The normalized spacial score (nSPS) is 11.8. The third-order valence-corrected chi connectivity index (χ3v) is 5.44. The Bertz CT molecular complexity index is 863. The van der Waals surface area contributed by atoms with Gasteiger partial charge in [0.15, 0.2) is 0 Å². The average Bonchev–Trinajstić information content (AvgIpc) is 2.57. The van der Waals surface area contributed by atoms with Crippen molar-refractivity contribution in [1.82, 2.24) is 9.73 Å². The first-order chi connectivity index (χ1) is 11.8. The number of hydrogen-bond acceptors (Lipinski definition) is 4. The Morgan fingerprint density at radius 1 is 1.16 bits per heavy atom. The van der Waals surface area contributed by atoms with E-state index in [-0.39, 0.29) is 11.4 Å². The van der Waals surface area contributed by atoms with Crippen LogP contribution in [0, 0.1) is 6.92 Å². The first-order valence-electron chi connectivity index (χ1n) is 7.39. The van der Waals surface area contributed by atoms with Crippen molar-refractivity contribution in [3.63, 3.8) is 0 Å². The van der Waals surface area contributed by atoms with Crippen LogP contribution >= 0.6 is 11.6 Å². The van der Waals surface area contributed by atoms with Crippen LogP contribution in [0.1, 0.15) is 11.1 Å². The summed E-state index contributed by atoms with van der Waals surface area (Å²) in [7, 11) is -2.44. The Balaban J connectivity index is 1.95. The van der Waals surface area contributed by atoms with E-state index in [1.807, 2.05) is 31.2 Å². The molecule has 0 atom stereocenters. The highest BCUT2D eigenvalue weighted by molar-refractivity contribution is 7.89. The fraction of sp³-hybridized carbons (Fsp3) is 0.176. The largest absolute Gasteiger partial charge is 0.272 e. The maximum Gasteiger partial charge on any atom is 0.255 e. The Hall–Kier alpha value is -2.22. The molecule has 132 valence electrons. The van der Waals surface area contributed by atoms with Crippen molar-refractivity contribution in [3.8, 4) is 0 Å². The number of carbonyl (C=O) groups is 1. The van der Waals surface area contributed by atoms with E-state index >= 15 is 0 Å². The van der Waals surface area contributed by atoms with Gasteiger partial charge in [0.1, 0.15) is 0 Å². The topological polar surface area (TPSA) is 78.8 Å². The summed E-state index contributed by atoms with van der Waals surface area (Å²) < 4.78 is 25.7. The molecule has 0 aliphatic carbocycles. The lowest BCUT2D eigenvalue weighted by Gasteiger charge is -2.16. The summed E-state index contributed by atoms with van der Waals surface area (Å²) in [6, 6.07) is 13.3. The van der Waals surface area contributed by atoms with E-state index in [1.165, 1.54) is 37.5 Å². The number of sulfonamides is 1. The molecule has 0 unspecified atom stereocenters. The SMILES string of the molecule is Cc1ccc(/C=N\NC(=O)CN(C)S(=O)(=O)c2ccc(Cl)cc2)cc1. The second kappa shape index (κ2) is 8.24. The first-order valence-corrected chi connectivity index (χ1v) is 9.21. The molecule has 8 heteroatoms. The average molecular weight is 380 g/mol. The summed E-state index contributed by atoms with van der Waals surface area (Å²) in [5.41, 5.74) is 4.26. The molecule has 0 heterocycles. The second-order valence-electron chi connectivity index (χ2n) is 5.42. The van der Waals surface area contributed by atoms with Crippen LogP contribution in [0.25, 0.3) is 0 Å². The molecular weight excluding hydrogens is 362 g/mol. The van der Waals surface area contributed by atoms with Gasteiger partial charge in [-0.05, 0) is 36.8 Å². The molecule has 1 N–H and O–H groups in total. The van der Waals surface area contributed by atoms with E-state index in [4.69, 9.17) is 11.6 Å². The summed E-state index contributed by atoms with van der Waals surface area (Å²) in [4.78, 5) is 11.9. The number of nitrogens with one attached hydrogen (secondary N) is 1. The van der Waals surface area contributed by atoms with Gasteiger partial charge in [-0.15, -0.1) is 0 Å². The van der Waals surface area contributed by atoms with Gasteiger partial charge in [-0.3, -0.25) is 4.79 Å². The minimum Gasteiger partial charge on any atom is -0.272 e. The molecule has 0 radical (unpaired) electrons. The van der Waals surface area contributed by atoms with Gasteiger partial charge in [0, 0.05) is 12.1 Å². The van der Waals surface area contributed by atoms with Gasteiger partial charge in [-0.1, -0.05) is 41.4 Å². The highest BCUT2D eigenvalue weighted by Crippen LogP contribution is 2.17. The zero-order valence-electron chi connectivity index (χ0n) is 13.8. The number of nitrogens with zero attached hydrogens (tertiary/aromatic N) is 2. The molecule has 0 spiro atoms. The van der Waals surface area contributed by atoms with Crippen LogP contribution in [0.3, 0.4) is 0 Å². The minimum atomic E-state index is -3.77. The predicted octanol–water partition coefficient (Wildman–Crippen LogP) is 2.42. The summed E-state index contributed by atoms with van der Waals surface area (Å²) in [6.07, 6.45) is 1.49. The zero-order chi connectivity index (χ0) is 18.4. The summed E-state index contributed by atoms with van der Waals surface area (Å²) in [5.74, 6) is -0.539. The smallest absolute Gasteiger partial charge is 0.255 e. The Morgan fingerprint density at radius 2 is 1.76 bits per heavy atom. The van der Waals surface area contributed by atoms with Gasteiger partial charge in [-0.2, -0.15) is 9.41 Å². The van der Waals surface area contributed by atoms with Crippen LogP contribution in [0.4, 0.5) is 0 Å². The number of hydrazone groups is 1. The maximum atomic E-state index is 12.4. The van der Waals surface area contributed by atoms with Gasteiger partial charge in [-0.25, -0.2) is 13.8 Å². The van der Waals surface area contributed by atoms with Crippen LogP contribution in [-0.4, -0.2) is 38.4 Å². The molecule has 2 aromatic rings. The van der Waals surface area contributed by atoms with Gasteiger partial charge in [0.2, 0.25) is 10.0 Å². The molecule has 0 saturated carbocycles. The molecule has 6 nitrogen and oxygen atoms in total. The van der Waals surface area contributed by atoms with E-state index in [1.54, 1.807) is 0 Å². The fourth-order valence-electron chi connectivity index (χ4n) is 1.94. The van der Waals surface area contributed by atoms with E-state index in [9.17, 15) is 13.2 Å². The Labute approximate surface area is 152 Å². The van der Waals surface area contributed by atoms with Crippen LogP contribution in [-0.2, 0) is 14.8 Å². The number of likely N-dealkylation sites (N-methyl/N-ethyl adjacent to an activating group) is 1. The highest BCUT2D eigenvalue weighted by Gasteiger charge is 2.22. The molecule has 0 saturated heterocycles. The fourth-order valence-corrected chi connectivity index (χ4v) is 3.19. The number of hydrogen-bond donors (Lipinski definition) is 1. The van der Waals surface area contributed by atoms with Crippen LogP contribution in [0.2, 0.25) is 5.02 Å². The van der Waals surface area contributed by atoms with Gasteiger partial charge < -0.3 is 0 Å². The van der Waals surface area contributed by atoms with Crippen LogP contribution < -0.4 is 5.43 Å². The minimum absolute atomic E-state index is 0.0651. The van der Waals surface area contributed by atoms with Crippen molar-refractivity contribution in [3.05, 3.63) is 64.7 Å². The summed E-state index contributed by atoms with van der Waals surface area (Å²) in [5, 5.41) is 4.26. The first kappa shape index (κ1) is 19.1. The van der Waals surface area contributed by atoms with E-state index in [0.717, 1.165) is 15.4 Å². The molecule has 1 amide bonds. The van der Waals surface area contributed by atoms with Gasteiger partial charge in [0.25, 0.3) is 5.91 Å². The Morgan fingerprint density at radius 3 is 2.36 bits per heavy atom. The summed E-state index contributed by atoms with van der Waals surface area (Å²) in [6.45, 7) is 1.62. The molecule has 2 aromatic carbocycles. The van der Waals surface area contributed by atoms with Crippen LogP contribution in [0.5, 0.6) is 0 Å². The lowest BCUT2D eigenvalue weighted by molar-refractivity contribution is -0.121. The van der Waals surface area contributed by atoms with Crippen molar-refractivity contribution >= 4 is 33.7 Å². The van der Waals surface area contributed by atoms with E-state index in [2.05, 4.69) is 10.5 Å². The number of halogens is 1. The highest BCUT2D eigenvalue weighted by atomic mass is 35.5. The Kier molecular flexibility index (Phi) is 6.30. The number of benzene rings is 2. The van der Waals surface area contributed by atoms with Crippen molar-refractivity contribution in [2.24, 2.45) is 5.10 Å². The zero-order valence-corrected chi connectivity index (χ0v) is 15.4. The third-order valence-electron chi connectivity index (χ3n) is 3.37. The number of amides is 1. The number of rotatable bonds is 6. The van der Waals surface area contributed by atoms with Crippen molar-refractivity contribution in [2.75, 3.05) is 13.6 Å². The quantitative estimate of drug-likeness (QED) is 0.618. The molecule has 2 rings (SSSR count). The standard InChI is InChI=1S/C17H18ClN3O3S/c1-13-3-5-14(6-4-13)11-19-20-17(22)12-21(2)25(23,24)16-9-7-15(18)8-10-16/h3-11H,12H2,1-2H3,(H,20,22)/b19-11-. The second-order valence-corrected chi connectivity index (χ2v) is 7.90. The number of carbonyl (C=O) groups excluding carboxylic acids is 1. The molecule has 0 aromatic heterocycles. The molecule has 0 aliphatic rings. The molecule has 25 heavy (non-hydrogen) atoms. The van der Waals surface area contributed by atoms with E-state index < -0.39 is 15.9 Å². The molecular formula is C17H18ClN3O3S.